The van der Waals surface area contributed by atoms with Crippen LogP contribution in [-0.2, 0) is 35.9 Å². The maximum absolute atomic E-state index is 13.5. The molecule has 0 fully saturated rings. The molecule has 3 heterocycles. The molecular formula is C28H25BrN6O3S. The van der Waals surface area contributed by atoms with Crippen molar-refractivity contribution >= 4 is 42.4 Å². The van der Waals surface area contributed by atoms with E-state index < -0.39 is 9.84 Å². The van der Waals surface area contributed by atoms with E-state index in [9.17, 15) is 13.2 Å². The summed E-state index contributed by atoms with van der Waals surface area (Å²) in [5.74, 6) is -0.163. The molecule has 1 aliphatic heterocycles. The van der Waals surface area contributed by atoms with Gasteiger partial charge >= 0.3 is 0 Å². The van der Waals surface area contributed by atoms with E-state index in [4.69, 9.17) is 5.10 Å². The molecule has 5 aromatic rings. The van der Waals surface area contributed by atoms with Gasteiger partial charge in [-0.1, -0.05) is 51.5 Å². The van der Waals surface area contributed by atoms with Crippen molar-refractivity contribution in [1.82, 2.24) is 30.1 Å². The first-order valence-electron chi connectivity index (χ1n) is 12.5. The number of halogens is 1. The summed E-state index contributed by atoms with van der Waals surface area (Å²) in [6, 6.07) is 18.9. The zero-order chi connectivity index (χ0) is 27.1. The number of rotatable bonds is 7. The molecular weight excluding hydrogens is 580 g/mol. The van der Waals surface area contributed by atoms with Gasteiger partial charge in [0.1, 0.15) is 5.69 Å². The second kappa shape index (κ2) is 10.0. The molecule has 11 heteroatoms. The Bertz CT molecular complexity index is 1840. The summed E-state index contributed by atoms with van der Waals surface area (Å²) in [5, 5.41) is 18.5. The summed E-state index contributed by atoms with van der Waals surface area (Å²) in [5.41, 5.74) is 4.36. The predicted octanol–water partition coefficient (Wildman–Crippen LogP) is 4.39. The Morgan fingerprint density at radius 1 is 1.08 bits per heavy atom. The minimum absolute atomic E-state index is 0.163. The number of hydrogen-bond acceptors (Lipinski definition) is 6. The zero-order valence-electron chi connectivity index (χ0n) is 21.1. The van der Waals surface area contributed by atoms with Crippen molar-refractivity contribution in [3.05, 3.63) is 93.8 Å². The van der Waals surface area contributed by atoms with Crippen LogP contribution in [0.5, 0.6) is 0 Å². The van der Waals surface area contributed by atoms with E-state index in [1.54, 1.807) is 35.1 Å². The monoisotopic (exact) mass is 604 g/mol. The van der Waals surface area contributed by atoms with Crippen LogP contribution in [0, 0.1) is 0 Å². The fourth-order valence-corrected chi connectivity index (χ4v) is 6.00. The van der Waals surface area contributed by atoms with E-state index in [0.717, 1.165) is 45.9 Å². The van der Waals surface area contributed by atoms with Gasteiger partial charge in [-0.05, 0) is 59.5 Å². The van der Waals surface area contributed by atoms with Crippen molar-refractivity contribution in [3.8, 4) is 11.3 Å². The van der Waals surface area contributed by atoms with E-state index in [0.29, 0.717) is 29.1 Å². The van der Waals surface area contributed by atoms with Gasteiger partial charge in [-0.15, -0.1) is 5.10 Å². The predicted molar refractivity (Wildman–Crippen MR) is 151 cm³/mol. The van der Waals surface area contributed by atoms with E-state index in [1.165, 1.54) is 6.26 Å². The molecule has 0 atom stereocenters. The van der Waals surface area contributed by atoms with Gasteiger partial charge in [-0.25, -0.2) is 13.1 Å². The molecule has 0 saturated carbocycles. The summed E-state index contributed by atoms with van der Waals surface area (Å²) in [6.07, 6.45) is 4.65. The Morgan fingerprint density at radius 3 is 2.77 bits per heavy atom. The van der Waals surface area contributed by atoms with E-state index in [1.807, 2.05) is 16.8 Å². The average Bonchev–Trinajstić information content (AvgIpc) is 3.63. The molecule has 6 rings (SSSR count). The van der Waals surface area contributed by atoms with Crippen molar-refractivity contribution in [2.24, 2.45) is 0 Å². The van der Waals surface area contributed by atoms with Crippen molar-refractivity contribution in [1.29, 1.82) is 0 Å². The number of sulfone groups is 1. The second-order valence-electron chi connectivity index (χ2n) is 9.70. The van der Waals surface area contributed by atoms with Gasteiger partial charge in [0.25, 0.3) is 5.91 Å². The third-order valence-corrected chi connectivity index (χ3v) is 8.47. The molecule has 1 N–H and O–H groups in total. The molecule has 198 valence electrons. The van der Waals surface area contributed by atoms with Gasteiger partial charge in [0.15, 0.2) is 9.84 Å². The summed E-state index contributed by atoms with van der Waals surface area (Å²) < 4.78 is 28.5. The molecule has 1 aliphatic rings. The van der Waals surface area contributed by atoms with Crippen molar-refractivity contribution < 1.29 is 13.2 Å². The number of nitrogens with zero attached hydrogens (tertiary/aromatic N) is 5. The Kier molecular flexibility index (Phi) is 6.56. The molecule has 1 amide bonds. The summed E-state index contributed by atoms with van der Waals surface area (Å²) in [6.45, 7) is 1.44. The number of hydrogen-bond donors (Lipinski definition) is 1. The number of aromatic nitrogens is 5. The quantitative estimate of drug-likeness (QED) is 0.295. The highest BCUT2D eigenvalue weighted by molar-refractivity contribution is 9.10. The Hall–Kier alpha value is -3.83. The topological polar surface area (TPSA) is 112 Å². The number of carbonyl (C=O) groups is 1. The van der Waals surface area contributed by atoms with Crippen LogP contribution in [0.4, 0.5) is 0 Å². The molecule has 39 heavy (non-hydrogen) atoms. The van der Waals surface area contributed by atoms with Crippen molar-refractivity contribution in [2.75, 3.05) is 6.26 Å². The molecule has 0 unspecified atom stereocenters. The Labute approximate surface area is 233 Å². The summed E-state index contributed by atoms with van der Waals surface area (Å²) in [7, 11) is -3.34. The number of nitrogens with one attached hydrogen (secondary N) is 1. The lowest BCUT2D eigenvalue weighted by Crippen LogP contribution is -2.25. The third-order valence-electron chi connectivity index (χ3n) is 6.87. The van der Waals surface area contributed by atoms with Crippen molar-refractivity contribution in [2.45, 2.75) is 37.4 Å². The second-order valence-corrected chi connectivity index (χ2v) is 12.6. The van der Waals surface area contributed by atoms with Gasteiger partial charge in [-0.2, -0.15) is 5.10 Å². The molecule has 9 nitrogen and oxygen atoms in total. The number of aryl methyl sites for hydroxylation is 1. The number of carbonyl (C=O) groups excluding carboxylic acids is 1. The minimum atomic E-state index is -3.34. The van der Waals surface area contributed by atoms with E-state index in [-0.39, 0.29) is 17.3 Å². The standard InChI is InChI=1S/C28H25BrN6O3S/c1-39(37,38)23-5-2-4-20(14-23)24-16-34(33-31-24)17-25-27(26-6-3-11-35(26)32-25)28(36)30-15-18-7-8-19-9-10-22(29)13-21(19)12-18/h2,4-5,7-10,12-14,16H,3,6,11,15,17H2,1H3,(H,30,36). The number of amides is 1. The Balaban J connectivity index is 1.23. The Morgan fingerprint density at radius 2 is 1.92 bits per heavy atom. The molecule has 0 bridgehead atoms. The van der Waals surface area contributed by atoms with Gasteiger partial charge in [0.2, 0.25) is 0 Å². The van der Waals surface area contributed by atoms with Crippen LogP contribution in [-0.4, -0.2) is 45.4 Å². The maximum atomic E-state index is 13.5. The van der Waals surface area contributed by atoms with Crippen LogP contribution in [0.1, 0.15) is 33.7 Å². The fraction of sp³-hybridized carbons (Fsp3) is 0.214. The summed E-state index contributed by atoms with van der Waals surface area (Å²) in [4.78, 5) is 13.7. The lowest BCUT2D eigenvalue weighted by atomic mass is 10.1. The van der Waals surface area contributed by atoms with Crippen LogP contribution in [0.3, 0.4) is 0 Å². The van der Waals surface area contributed by atoms with Crippen LogP contribution in [0.25, 0.3) is 22.0 Å². The maximum Gasteiger partial charge on any atom is 0.255 e. The average molecular weight is 606 g/mol. The third kappa shape index (κ3) is 5.24. The molecule has 2 aromatic heterocycles. The minimum Gasteiger partial charge on any atom is -0.348 e. The molecule has 0 spiro atoms. The highest BCUT2D eigenvalue weighted by atomic mass is 79.9. The van der Waals surface area contributed by atoms with Crippen LogP contribution < -0.4 is 5.32 Å². The van der Waals surface area contributed by atoms with Gasteiger partial charge < -0.3 is 5.32 Å². The largest absolute Gasteiger partial charge is 0.348 e. The first-order chi connectivity index (χ1) is 18.7. The normalized spacial score (nSPS) is 13.1. The van der Waals surface area contributed by atoms with Crippen molar-refractivity contribution in [3.63, 3.8) is 0 Å². The molecule has 3 aromatic carbocycles. The van der Waals surface area contributed by atoms with E-state index >= 15 is 0 Å². The first-order valence-corrected chi connectivity index (χ1v) is 15.2. The molecule has 0 saturated heterocycles. The summed E-state index contributed by atoms with van der Waals surface area (Å²) >= 11 is 3.52. The lowest BCUT2D eigenvalue weighted by Gasteiger charge is -2.09. The zero-order valence-corrected chi connectivity index (χ0v) is 23.5. The highest BCUT2D eigenvalue weighted by Gasteiger charge is 2.27. The highest BCUT2D eigenvalue weighted by Crippen LogP contribution is 2.25. The van der Waals surface area contributed by atoms with Crippen LogP contribution in [0.2, 0.25) is 0 Å². The molecule has 0 aliphatic carbocycles. The van der Waals surface area contributed by atoms with Gasteiger partial charge in [0.05, 0.1) is 34.6 Å². The number of fused-ring (bicyclic) bond motifs is 2. The van der Waals surface area contributed by atoms with Gasteiger partial charge in [0, 0.05) is 29.4 Å². The smallest absolute Gasteiger partial charge is 0.255 e. The van der Waals surface area contributed by atoms with Crippen LogP contribution in [0.15, 0.2) is 76.2 Å². The molecule has 0 radical (unpaired) electrons. The van der Waals surface area contributed by atoms with Crippen LogP contribution >= 0.6 is 15.9 Å². The SMILES string of the molecule is CS(=O)(=O)c1cccc(-c2cn(Cc3nn4c(c3C(=O)NCc3ccc5ccc(Br)cc5c3)CCC4)nn2)c1. The van der Waals surface area contributed by atoms with Gasteiger partial charge in [-0.3, -0.25) is 9.48 Å². The fourth-order valence-electron chi connectivity index (χ4n) is 4.95. The van der Waals surface area contributed by atoms with E-state index in [2.05, 4.69) is 55.8 Å². The number of benzene rings is 3. The first kappa shape index (κ1) is 25.4. The lowest BCUT2D eigenvalue weighted by molar-refractivity contribution is 0.0949.